The van der Waals surface area contributed by atoms with Crippen LogP contribution in [0.15, 0.2) is 0 Å². The summed E-state index contributed by atoms with van der Waals surface area (Å²) in [7, 11) is 2.02. The Morgan fingerprint density at radius 1 is 1.05 bits per heavy atom. The van der Waals surface area contributed by atoms with E-state index in [1.165, 1.54) is 32.1 Å². The normalized spacial score (nSPS) is 53.1. The van der Waals surface area contributed by atoms with Crippen LogP contribution in [0.1, 0.15) is 58.3 Å². The highest BCUT2D eigenvalue weighted by Gasteiger charge is 2.57. The first kappa shape index (κ1) is 14.0. The Bertz CT molecular complexity index is 450. The molecular formula is C18H29NO2. The maximum absolute atomic E-state index is 12.0. The van der Waals surface area contributed by atoms with Crippen molar-refractivity contribution in [2.24, 2.45) is 29.1 Å². The van der Waals surface area contributed by atoms with Crippen LogP contribution in [0.3, 0.4) is 0 Å². The van der Waals surface area contributed by atoms with Crippen LogP contribution >= 0.6 is 0 Å². The topological polar surface area (TPSA) is 40.5 Å². The second-order valence-electron chi connectivity index (χ2n) is 8.42. The van der Waals surface area contributed by atoms with Crippen LogP contribution in [0, 0.1) is 29.1 Å². The van der Waals surface area contributed by atoms with Crippen molar-refractivity contribution >= 4 is 5.91 Å². The summed E-state index contributed by atoms with van der Waals surface area (Å²) in [5.74, 6) is 3.43. The van der Waals surface area contributed by atoms with Gasteiger partial charge < -0.3 is 10.0 Å². The number of piperidine rings is 1. The van der Waals surface area contributed by atoms with E-state index in [-0.39, 0.29) is 11.5 Å². The van der Waals surface area contributed by atoms with E-state index in [0.717, 1.165) is 42.9 Å². The Labute approximate surface area is 128 Å². The van der Waals surface area contributed by atoms with E-state index in [0.29, 0.717) is 11.9 Å². The van der Waals surface area contributed by atoms with Crippen LogP contribution < -0.4 is 0 Å². The fourth-order valence-electron chi connectivity index (χ4n) is 6.64. The van der Waals surface area contributed by atoms with Gasteiger partial charge in [0.05, 0.1) is 6.10 Å². The average molecular weight is 291 g/mol. The standard InChI is InChI=1S/C18H29NO2/c1-18-10-9-11-12(14(18)5-7-16(18)20)3-6-15-13(11)4-8-17(21)19(15)2/h11-16,20H,3-10H2,1-2H3/t11?,12?,13?,14?,15?,16-,18?/m0/s1. The summed E-state index contributed by atoms with van der Waals surface area (Å²) in [6, 6.07) is 0.503. The molecule has 3 nitrogen and oxygen atoms in total. The predicted octanol–water partition coefficient (Wildman–Crippen LogP) is 2.82. The van der Waals surface area contributed by atoms with Gasteiger partial charge in [0.15, 0.2) is 0 Å². The number of aliphatic hydroxyl groups excluding tert-OH is 1. The van der Waals surface area contributed by atoms with Gasteiger partial charge in [0.1, 0.15) is 0 Å². The smallest absolute Gasteiger partial charge is 0.222 e. The van der Waals surface area contributed by atoms with Gasteiger partial charge in [-0.15, -0.1) is 0 Å². The molecule has 0 aromatic heterocycles. The lowest BCUT2D eigenvalue weighted by Crippen LogP contribution is -2.56. The molecule has 0 spiro atoms. The predicted molar refractivity (Wildman–Crippen MR) is 81.6 cm³/mol. The highest BCUT2D eigenvalue weighted by atomic mass is 16.3. The van der Waals surface area contributed by atoms with Gasteiger partial charge in [-0.2, -0.15) is 0 Å². The number of carbonyl (C=O) groups excluding carboxylic acids is 1. The molecule has 3 saturated carbocycles. The van der Waals surface area contributed by atoms with Crippen molar-refractivity contribution in [3.8, 4) is 0 Å². The number of hydrogen-bond donors (Lipinski definition) is 1. The minimum absolute atomic E-state index is 0.0724. The van der Waals surface area contributed by atoms with Crippen LogP contribution in [0.25, 0.3) is 0 Å². The molecule has 4 aliphatic rings. The quantitative estimate of drug-likeness (QED) is 0.745. The first-order chi connectivity index (χ1) is 10.0. The van der Waals surface area contributed by atoms with E-state index in [1.54, 1.807) is 0 Å². The van der Waals surface area contributed by atoms with Crippen molar-refractivity contribution in [1.29, 1.82) is 0 Å². The maximum atomic E-state index is 12.0. The lowest BCUT2D eigenvalue weighted by Gasteiger charge is -2.56. The van der Waals surface area contributed by atoms with Crippen LogP contribution in [0.2, 0.25) is 0 Å². The Morgan fingerprint density at radius 2 is 1.86 bits per heavy atom. The van der Waals surface area contributed by atoms with Crippen molar-refractivity contribution in [3.05, 3.63) is 0 Å². The van der Waals surface area contributed by atoms with Crippen molar-refractivity contribution in [1.82, 2.24) is 4.90 Å². The molecule has 0 radical (unpaired) electrons. The van der Waals surface area contributed by atoms with E-state index < -0.39 is 0 Å². The zero-order valence-corrected chi connectivity index (χ0v) is 13.4. The third kappa shape index (κ3) is 1.85. The van der Waals surface area contributed by atoms with Gasteiger partial charge in [0.25, 0.3) is 0 Å². The Kier molecular flexibility index (Phi) is 3.15. The van der Waals surface area contributed by atoms with Crippen LogP contribution in [0.4, 0.5) is 0 Å². The first-order valence-electron chi connectivity index (χ1n) is 8.96. The molecule has 0 aromatic rings. The number of fused-ring (bicyclic) bond motifs is 5. The molecule has 1 heterocycles. The molecule has 0 bridgehead atoms. The fourth-order valence-corrected chi connectivity index (χ4v) is 6.64. The van der Waals surface area contributed by atoms with E-state index in [1.807, 2.05) is 7.05 Å². The monoisotopic (exact) mass is 291 g/mol. The molecule has 1 saturated heterocycles. The number of hydrogen-bond acceptors (Lipinski definition) is 2. The molecular weight excluding hydrogens is 262 g/mol. The molecule has 21 heavy (non-hydrogen) atoms. The molecule has 7 atom stereocenters. The molecule has 1 N–H and O–H groups in total. The van der Waals surface area contributed by atoms with Gasteiger partial charge in [-0.25, -0.2) is 0 Å². The van der Waals surface area contributed by atoms with Crippen molar-refractivity contribution < 1.29 is 9.90 Å². The molecule has 3 aliphatic carbocycles. The summed E-state index contributed by atoms with van der Waals surface area (Å²) in [6.07, 6.45) is 8.97. The number of aliphatic hydroxyl groups is 1. The van der Waals surface area contributed by atoms with Gasteiger partial charge in [0, 0.05) is 19.5 Å². The summed E-state index contributed by atoms with van der Waals surface area (Å²) < 4.78 is 0. The second-order valence-corrected chi connectivity index (χ2v) is 8.42. The van der Waals surface area contributed by atoms with Crippen molar-refractivity contribution in [2.45, 2.75) is 70.4 Å². The Morgan fingerprint density at radius 3 is 2.67 bits per heavy atom. The average Bonchev–Trinajstić information content (AvgIpc) is 2.78. The van der Waals surface area contributed by atoms with Crippen molar-refractivity contribution in [2.75, 3.05) is 7.05 Å². The fraction of sp³-hybridized carbons (Fsp3) is 0.944. The van der Waals surface area contributed by atoms with E-state index >= 15 is 0 Å². The number of likely N-dealkylation sites (tertiary alicyclic amines) is 1. The van der Waals surface area contributed by atoms with E-state index in [9.17, 15) is 9.90 Å². The minimum atomic E-state index is -0.0724. The summed E-state index contributed by atoms with van der Waals surface area (Å²) in [5, 5.41) is 10.4. The molecule has 3 heteroatoms. The molecule has 4 rings (SSSR count). The van der Waals surface area contributed by atoms with Crippen LogP contribution in [-0.4, -0.2) is 35.1 Å². The maximum Gasteiger partial charge on any atom is 0.222 e. The Balaban J connectivity index is 1.59. The van der Waals surface area contributed by atoms with Gasteiger partial charge in [-0.05, 0) is 74.0 Å². The summed E-state index contributed by atoms with van der Waals surface area (Å²) >= 11 is 0. The second kappa shape index (κ2) is 4.71. The third-order valence-electron chi connectivity index (χ3n) is 7.86. The lowest BCUT2D eigenvalue weighted by atomic mass is 9.52. The van der Waals surface area contributed by atoms with Gasteiger partial charge in [-0.3, -0.25) is 4.79 Å². The zero-order valence-electron chi connectivity index (χ0n) is 13.4. The largest absolute Gasteiger partial charge is 0.393 e. The third-order valence-corrected chi connectivity index (χ3v) is 7.86. The van der Waals surface area contributed by atoms with Crippen LogP contribution in [-0.2, 0) is 4.79 Å². The van der Waals surface area contributed by atoms with Crippen molar-refractivity contribution in [3.63, 3.8) is 0 Å². The first-order valence-corrected chi connectivity index (χ1v) is 8.96. The number of nitrogens with zero attached hydrogens (tertiary/aromatic N) is 1. The number of carbonyl (C=O) groups is 1. The van der Waals surface area contributed by atoms with Gasteiger partial charge in [0.2, 0.25) is 5.91 Å². The number of rotatable bonds is 0. The minimum Gasteiger partial charge on any atom is -0.393 e. The molecule has 1 aliphatic heterocycles. The molecule has 6 unspecified atom stereocenters. The molecule has 4 fully saturated rings. The van der Waals surface area contributed by atoms with Crippen LogP contribution in [0.5, 0.6) is 0 Å². The highest BCUT2D eigenvalue weighted by Crippen LogP contribution is 2.61. The SMILES string of the molecule is CN1C(=O)CCC2C3CCC4(C)C(CC[C@@H]4O)C3CCC21. The Hall–Kier alpha value is -0.570. The van der Waals surface area contributed by atoms with E-state index in [2.05, 4.69) is 11.8 Å². The molecule has 1 amide bonds. The lowest BCUT2D eigenvalue weighted by molar-refractivity contribution is -0.145. The summed E-state index contributed by atoms with van der Waals surface area (Å²) in [4.78, 5) is 14.0. The van der Waals surface area contributed by atoms with Gasteiger partial charge in [-0.1, -0.05) is 6.92 Å². The van der Waals surface area contributed by atoms with Gasteiger partial charge >= 0.3 is 0 Å². The highest BCUT2D eigenvalue weighted by molar-refractivity contribution is 5.77. The van der Waals surface area contributed by atoms with E-state index in [4.69, 9.17) is 0 Å². The molecule has 0 aromatic carbocycles. The number of amides is 1. The summed E-state index contributed by atoms with van der Waals surface area (Å²) in [5.41, 5.74) is 0.185. The summed E-state index contributed by atoms with van der Waals surface area (Å²) in [6.45, 7) is 2.34. The zero-order chi connectivity index (χ0) is 14.8. The molecule has 118 valence electrons.